The largest absolute Gasteiger partial charge is 0.478 e. The molecule has 1 rings (SSSR count). The Bertz CT molecular complexity index is 442. The maximum absolute atomic E-state index is 11.4. The highest BCUT2D eigenvalue weighted by Crippen LogP contribution is 2.24. The molecule has 0 aliphatic carbocycles. The van der Waals surface area contributed by atoms with Crippen molar-refractivity contribution in [2.24, 2.45) is 0 Å². The number of ether oxygens (including phenoxy) is 2. The minimum absolute atomic E-state index is 0.127. The molecule has 0 spiro atoms. The minimum atomic E-state index is -0.751. The Kier molecular flexibility index (Phi) is 4.69. The summed E-state index contributed by atoms with van der Waals surface area (Å²) in [6.07, 6.45) is -0.751. The molecule has 4 nitrogen and oxygen atoms in total. The number of ketones is 1. The topological polar surface area (TPSA) is 52.6 Å². The van der Waals surface area contributed by atoms with E-state index in [1.165, 1.54) is 14.0 Å². The first-order chi connectivity index (χ1) is 7.95. The van der Waals surface area contributed by atoms with Gasteiger partial charge in [0.15, 0.2) is 11.9 Å². The number of hydrogen-bond donors (Lipinski definition) is 0. The summed E-state index contributed by atoms with van der Waals surface area (Å²) in [6, 6.07) is 5.04. The summed E-state index contributed by atoms with van der Waals surface area (Å²) in [6.45, 7) is 3.01. The Hall–Kier alpha value is -1.36. The van der Waals surface area contributed by atoms with Gasteiger partial charge in [0.2, 0.25) is 0 Å². The van der Waals surface area contributed by atoms with Crippen LogP contribution in [0.2, 0.25) is 0 Å². The van der Waals surface area contributed by atoms with Crippen LogP contribution in [-0.4, -0.2) is 25.0 Å². The van der Waals surface area contributed by atoms with Crippen LogP contribution in [-0.2, 0) is 9.53 Å². The first-order valence-corrected chi connectivity index (χ1v) is 5.80. The highest BCUT2D eigenvalue weighted by Gasteiger charge is 2.18. The van der Waals surface area contributed by atoms with Crippen molar-refractivity contribution in [1.82, 2.24) is 0 Å². The Morgan fingerprint density at radius 2 is 2.00 bits per heavy atom. The van der Waals surface area contributed by atoms with Crippen molar-refractivity contribution in [2.45, 2.75) is 20.0 Å². The lowest BCUT2D eigenvalue weighted by Crippen LogP contribution is -2.25. The maximum Gasteiger partial charge on any atom is 0.346 e. The molecule has 0 N–H and O–H groups in total. The molecule has 1 atom stereocenters. The molecule has 0 amide bonds. The standard InChI is InChI=1S/C12H13BrO4/c1-7(14)10-6-9(13)4-5-11(10)17-8(2)12(15)16-3/h4-6,8H,1-3H3/t8-/m0/s1. The lowest BCUT2D eigenvalue weighted by molar-refractivity contribution is -0.147. The van der Waals surface area contributed by atoms with Crippen LogP contribution in [0.15, 0.2) is 22.7 Å². The molecule has 0 fully saturated rings. The Morgan fingerprint density at radius 1 is 1.35 bits per heavy atom. The average Bonchev–Trinajstić information content (AvgIpc) is 2.29. The third kappa shape index (κ3) is 3.56. The van der Waals surface area contributed by atoms with Crippen molar-refractivity contribution in [3.63, 3.8) is 0 Å². The first kappa shape index (κ1) is 13.7. The smallest absolute Gasteiger partial charge is 0.346 e. The molecule has 0 saturated heterocycles. The zero-order valence-corrected chi connectivity index (χ0v) is 11.4. The number of carbonyl (C=O) groups is 2. The van der Waals surface area contributed by atoms with Gasteiger partial charge in [0.1, 0.15) is 5.75 Å². The fourth-order valence-electron chi connectivity index (χ4n) is 1.28. The Labute approximate surface area is 108 Å². The van der Waals surface area contributed by atoms with Crippen LogP contribution in [0.1, 0.15) is 24.2 Å². The van der Waals surface area contributed by atoms with Crippen LogP contribution in [0.4, 0.5) is 0 Å². The fourth-order valence-corrected chi connectivity index (χ4v) is 1.65. The number of esters is 1. The van der Waals surface area contributed by atoms with E-state index in [1.54, 1.807) is 25.1 Å². The number of halogens is 1. The van der Waals surface area contributed by atoms with Crippen molar-refractivity contribution in [3.05, 3.63) is 28.2 Å². The van der Waals surface area contributed by atoms with Gasteiger partial charge in [-0.2, -0.15) is 0 Å². The molecule has 0 saturated carbocycles. The fraction of sp³-hybridized carbons (Fsp3) is 0.333. The second kappa shape index (κ2) is 5.82. The third-order valence-electron chi connectivity index (χ3n) is 2.16. The normalized spacial score (nSPS) is 11.8. The summed E-state index contributed by atoms with van der Waals surface area (Å²) in [5.41, 5.74) is 0.426. The van der Waals surface area contributed by atoms with Crippen molar-refractivity contribution in [3.8, 4) is 5.75 Å². The van der Waals surface area contributed by atoms with Gasteiger partial charge in [-0.1, -0.05) is 15.9 Å². The summed E-state index contributed by atoms with van der Waals surface area (Å²) in [5.74, 6) is -0.237. The molecule has 0 unspecified atom stereocenters. The van der Waals surface area contributed by atoms with Gasteiger partial charge < -0.3 is 9.47 Å². The van der Waals surface area contributed by atoms with Gasteiger partial charge in [-0.3, -0.25) is 4.79 Å². The molecule has 92 valence electrons. The highest BCUT2D eigenvalue weighted by molar-refractivity contribution is 9.10. The van der Waals surface area contributed by atoms with Gasteiger partial charge in [0.05, 0.1) is 12.7 Å². The zero-order valence-electron chi connectivity index (χ0n) is 9.82. The zero-order chi connectivity index (χ0) is 13.0. The van der Waals surface area contributed by atoms with Gasteiger partial charge >= 0.3 is 5.97 Å². The Morgan fingerprint density at radius 3 is 2.53 bits per heavy atom. The average molecular weight is 301 g/mol. The number of rotatable bonds is 4. The van der Waals surface area contributed by atoms with Gasteiger partial charge in [-0.15, -0.1) is 0 Å². The summed E-state index contributed by atoms with van der Waals surface area (Å²) in [4.78, 5) is 22.6. The van der Waals surface area contributed by atoms with Crippen molar-refractivity contribution < 1.29 is 19.1 Å². The van der Waals surface area contributed by atoms with E-state index in [0.717, 1.165) is 4.47 Å². The molecule has 0 radical (unpaired) electrons. The molecule has 0 aliphatic heterocycles. The number of carbonyl (C=O) groups excluding carboxylic acids is 2. The summed E-state index contributed by atoms with van der Waals surface area (Å²) in [5, 5.41) is 0. The lowest BCUT2D eigenvalue weighted by Gasteiger charge is -2.14. The van der Waals surface area contributed by atoms with Crippen molar-refractivity contribution in [1.29, 1.82) is 0 Å². The first-order valence-electron chi connectivity index (χ1n) is 5.00. The van der Waals surface area contributed by atoms with E-state index < -0.39 is 12.1 Å². The predicted molar refractivity (Wildman–Crippen MR) is 66.3 cm³/mol. The Balaban J connectivity index is 2.98. The van der Waals surface area contributed by atoms with E-state index in [1.807, 2.05) is 0 Å². The van der Waals surface area contributed by atoms with Crippen LogP contribution >= 0.6 is 15.9 Å². The molecule has 0 heterocycles. The molecule has 0 aromatic heterocycles. The second-order valence-corrected chi connectivity index (χ2v) is 4.40. The van der Waals surface area contributed by atoms with E-state index in [-0.39, 0.29) is 5.78 Å². The molecular formula is C12H13BrO4. The summed E-state index contributed by atoms with van der Waals surface area (Å²) < 4.78 is 10.7. The van der Waals surface area contributed by atoms with Gasteiger partial charge in [0.25, 0.3) is 0 Å². The SMILES string of the molecule is COC(=O)[C@H](C)Oc1ccc(Br)cc1C(C)=O. The van der Waals surface area contributed by atoms with Crippen molar-refractivity contribution in [2.75, 3.05) is 7.11 Å². The van der Waals surface area contributed by atoms with Crippen LogP contribution in [0.25, 0.3) is 0 Å². The monoisotopic (exact) mass is 300 g/mol. The van der Waals surface area contributed by atoms with Crippen LogP contribution < -0.4 is 4.74 Å². The number of methoxy groups -OCH3 is 1. The molecule has 1 aromatic rings. The van der Waals surface area contributed by atoms with Gasteiger partial charge in [0, 0.05) is 4.47 Å². The molecular weight excluding hydrogens is 288 g/mol. The minimum Gasteiger partial charge on any atom is -0.478 e. The lowest BCUT2D eigenvalue weighted by atomic mass is 10.1. The van der Waals surface area contributed by atoms with E-state index in [4.69, 9.17) is 4.74 Å². The molecule has 1 aromatic carbocycles. The van der Waals surface area contributed by atoms with Crippen LogP contribution in [0.3, 0.4) is 0 Å². The molecule has 0 bridgehead atoms. The highest BCUT2D eigenvalue weighted by atomic mass is 79.9. The van der Waals surface area contributed by atoms with Gasteiger partial charge in [-0.05, 0) is 32.0 Å². The van der Waals surface area contributed by atoms with Crippen LogP contribution in [0.5, 0.6) is 5.75 Å². The molecule has 17 heavy (non-hydrogen) atoms. The van der Waals surface area contributed by atoms with E-state index >= 15 is 0 Å². The van der Waals surface area contributed by atoms with Crippen LogP contribution in [0, 0.1) is 0 Å². The third-order valence-corrected chi connectivity index (χ3v) is 2.65. The summed E-state index contributed by atoms with van der Waals surface area (Å²) >= 11 is 3.27. The molecule has 0 aliphatic rings. The quantitative estimate of drug-likeness (QED) is 0.633. The van der Waals surface area contributed by atoms with Gasteiger partial charge in [-0.25, -0.2) is 4.79 Å². The predicted octanol–water partition coefficient (Wildman–Crippen LogP) is 2.59. The maximum atomic E-state index is 11.4. The van der Waals surface area contributed by atoms with E-state index in [0.29, 0.717) is 11.3 Å². The van der Waals surface area contributed by atoms with E-state index in [2.05, 4.69) is 20.7 Å². The molecule has 5 heteroatoms. The second-order valence-electron chi connectivity index (χ2n) is 3.48. The summed E-state index contributed by atoms with van der Waals surface area (Å²) in [7, 11) is 1.29. The van der Waals surface area contributed by atoms with E-state index in [9.17, 15) is 9.59 Å². The van der Waals surface area contributed by atoms with Crippen molar-refractivity contribution >= 4 is 27.7 Å². The number of benzene rings is 1. The number of Topliss-reactive ketones (excluding diaryl/α,β-unsaturated/α-hetero) is 1. The number of hydrogen-bond acceptors (Lipinski definition) is 4.